The van der Waals surface area contributed by atoms with Gasteiger partial charge < -0.3 is 25.5 Å². The van der Waals surface area contributed by atoms with Gasteiger partial charge in [-0.3, -0.25) is 4.79 Å². The summed E-state index contributed by atoms with van der Waals surface area (Å²) in [6, 6.07) is 27.9. The van der Waals surface area contributed by atoms with Crippen molar-refractivity contribution in [3.8, 4) is 11.5 Å². The van der Waals surface area contributed by atoms with Crippen LogP contribution in [0, 0.1) is 0 Å². The molecule has 1 heterocycles. The van der Waals surface area contributed by atoms with Crippen LogP contribution in [0.25, 0.3) is 0 Å². The summed E-state index contributed by atoms with van der Waals surface area (Å²) in [5, 5.41) is 5.90. The molecule has 0 saturated heterocycles. The number of furan rings is 1. The van der Waals surface area contributed by atoms with Crippen LogP contribution in [0.4, 0.5) is 5.69 Å². The van der Waals surface area contributed by atoms with Gasteiger partial charge in [0.1, 0.15) is 17.3 Å². The van der Waals surface area contributed by atoms with Crippen molar-refractivity contribution in [3.05, 3.63) is 114 Å². The summed E-state index contributed by atoms with van der Waals surface area (Å²) < 4.78 is 11.1. The van der Waals surface area contributed by atoms with E-state index >= 15 is 0 Å². The number of carbonyl (C=O) groups excluding carboxylic acids is 1. The smallest absolute Gasteiger partial charge is 0.251 e. The predicted molar refractivity (Wildman–Crippen MR) is 128 cm³/mol. The van der Waals surface area contributed by atoms with Gasteiger partial charge in [0, 0.05) is 17.3 Å². The second-order valence-electron chi connectivity index (χ2n) is 7.23. The molecule has 4 rings (SSSR count). The molecule has 0 unspecified atom stereocenters. The van der Waals surface area contributed by atoms with Crippen molar-refractivity contribution in [1.82, 2.24) is 5.32 Å². The van der Waals surface area contributed by atoms with E-state index in [9.17, 15) is 4.79 Å². The van der Waals surface area contributed by atoms with Crippen LogP contribution < -0.4 is 21.1 Å². The SMILES string of the molecule is NC(=NCc1cccc(C(=O)NCc2ccco2)c1)Nc1cccc(Oc2ccccc2)c1. The van der Waals surface area contributed by atoms with Crippen LogP contribution in [0.5, 0.6) is 11.5 Å². The average Bonchev–Trinajstić information content (AvgIpc) is 3.36. The Morgan fingerprint density at radius 2 is 1.73 bits per heavy atom. The van der Waals surface area contributed by atoms with E-state index in [4.69, 9.17) is 14.9 Å². The van der Waals surface area contributed by atoms with Crippen LogP contribution in [-0.4, -0.2) is 11.9 Å². The van der Waals surface area contributed by atoms with E-state index in [0.29, 0.717) is 30.2 Å². The number of aliphatic imine (C=N–C) groups is 1. The molecule has 7 nitrogen and oxygen atoms in total. The highest BCUT2D eigenvalue weighted by atomic mass is 16.5. The van der Waals surface area contributed by atoms with E-state index in [1.165, 1.54) is 0 Å². The zero-order valence-electron chi connectivity index (χ0n) is 17.9. The van der Waals surface area contributed by atoms with Gasteiger partial charge in [-0.05, 0) is 54.1 Å². The number of anilines is 1. The predicted octanol–water partition coefficient (Wildman–Crippen LogP) is 4.93. The van der Waals surface area contributed by atoms with Crippen molar-refractivity contribution in [2.24, 2.45) is 10.7 Å². The summed E-state index contributed by atoms with van der Waals surface area (Å²) in [7, 11) is 0. The molecule has 33 heavy (non-hydrogen) atoms. The summed E-state index contributed by atoms with van der Waals surface area (Å²) in [5.41, 5.74) is 8.24. The second kappa shape index (κ2) is 10.7. The largest absolute Gasteiger partial charge is 0.467 e. The van der Waals surface area contributed by atoms with Crippen LogP contribution in [-0.2, 0) is 13.1 Å². The summed E-state index contributed by atoms with van der Waals surface area (Å²) in [6.07, 6.45) is 1.57. The lowest BCUT2D eigenvalue weighted by Gasteiger charge is -2.09. The number of benzene rings is 3. The molecule has 0 radical (unpaired) electrons. The molecule has 0 aliphatic heterocycles. The Balaban J connectivity index is 1.34. The third kappa shape index (κ3) is 6.48. The van der Waals surface area contributed by atoms with Gasteiger partial charge in [-0.2, -0.15) is 0 Å². The average molecular weight is 441 g/mol. The maximum absolute atomic E-state index is 12.4. The van der Waals surface area contributed by atoms with Crippen molar-refractivity contribution in [2.45, 2.75) is 13.1 Å². The number of nitrogens with one attached hydrogen (secondary N) is 2. The number of nitrogens with zero attached hydrogens (tertiary/aromatic N) is 1. The van der Waals surface area contributed by atoms with Gasteiger partial charge >= 0.3 is 0 Å². The highest BCUT2D eigenvalue weighted by Gasteiger charge is 2.07. The summed E-state index contributed by atoms with van der Waals surface area (Å²) in [4.78, 5) is 16.8. The van der Waals surface area contributed by atoms with E-state index < -0.39 is 0 Å². The number of hydrogen-bond donors (Lipinski definition) is 3. The number of rotatable bonds is 8. The monoisotopic (exact) mass is 440 g/mol. The van der Waals surface area contributed by atoms with E-state index in [-0.39, 0.29) is 11.9 Å². The molecule has 1 aromatic heterocycles. The van der Waals surface area contributed by atoms with Gasteiger partial charge in [0.25, 0.3) is 5.91 Å². The first-order chi connectivity index (χ1) is 16.2. The lowest BCUT2D eigenvalue weighted by molar-refractivity contribution is 0.0948. The third-order valence-corrected chi connectivity index (χ3v) is 4.71. The Morgan fingerprint density at radius 3 is 2.55 bits per heavy atom. The van der Waals surface area contributed by atoms with Crippen molar-refractivity contribution < 1.29 is 13.9 Å². The fourth-order valence-corrected chi connectivity index (χ4v) is 3.12. The topological polar surface area (TPSA) is 102 Å². The minimum Gasteiger partial charge on any atom is -0.467 e. The Morgan fingerprint density at radius 1 is 0.909 bits per heavy atom. The quantitative estimate of drug-likeness (QED) is 0.266. The molecule has 4 aromatic rings. The first-order valence-corrected chi connectivity index (χ1v) is 10.5. The maximum Gasteiger partial charge on any atom is 0.251 e. The van der Waals surface area contributed by atoms with Crippen LogP contribution >= 0.6 is 0 Å². The molecule has 0 aliphatic carbocycles. The molecule has 0 fully saturated rings. The van der Waals surface area contributed by atoms with E-state index in [2.05, 4.69) is 15.6 Å². The Hall–Kier alpha value is -4.52. The molecule has 7 heteroatoms. The van der Waals surface area contributed by atoms with Crippen molar-refractivity contribution >= 4 is 17.6 Å². The molecule has 0 saturated carbocycles. The van der Waals surface area contributed by atoms with Crippen LogP contribution in [0.3, 0.4) is 0 Å². The molecule has 3 aromatic carbocycles. The molecule has 166 valence electrons. The minimum absolute atomic E-state index is 0.182. The first-order valence-electron chi connectivity index (χ1n) is 10.5. The number of hydrogen-bond acceptors (Lipinski definition) is 4. The maximum atomic E-state index is 12.4. The first kappa shape index (κ1) is 21.7. The minimum atomic E-state index is -0.182. The van der Waals surface area contributed by atoms with Crippen molar-refractivity contribution in [2.75, 3.05) is 5.32 Å². The highest BCUT2D eigenvalue weighted by Crippen LogP contribution is 2.23. The number of ether oxygens (including phenoxy) is 1. The standard InChI is InChI=1S/C26H24N4O3/c27-26(30-21-9-5-12-23(16-21)33-22-10-2-1-3-11-22)29-17-19-7-4-8-20(15-19)25(31)28-18-24-13-6-14-32-24/h1-16H,17-18H2,(H,28,31)(H3,27,29,30). The Labute approximate surface area is 191 Å². The number of guanidine groups is 1. The zero-order valence-corrected chi connectivity index (χ0v) is 17.9. The fraction of sp³-hybridized carbons (Fsp3) is 0.0769. The molecule has 0 spiro atoms. The molecular formula is C26H24N4O3. The summed E-state index contributed by atoms with van der Waals surface area (Å²) in [6.45, 7) is 0.663. The van der Waals surface area contributed by atoms with Crippen LogP contribution in [0.1, 0.15) is 21.7 Å². The van der Waals surface area contributed by atoms with Gasteiger partial charge in [-0.25, -0.2) is 4.99 Å². The molecule has 0 atom stereocenters. The van der Waals surface area contributed by atoms with Crippen LogP contribution in [0.15, 0.2) is 107 Å². The summed E-state index contributed by atoms with van der Waals surface area (Å²) >= 11 is 0. The van der Waals surface area contributed by atoms with E-state index in [1.807, 2.05) is 72.8 Å². The zero-order chi connectivity index (χ0) is 22.9. The van der Waals surface area contributed by atoms with Crippen molar-refractivity contribution in [1.29, 1.82) is 0 Å². The normalized spacial score (nSPS) is 11.1. The third-order valence-electron chi connectivity index (χ3n) is 4.71. The van der Waals surface area contributed by atoms with Gasteiger partial charge in [0.05, 0.1) is 19.4 Å². The lowest BCUT2D eigenvalue weighted by Crippen LogP contribution is -2.23. The number of para-hydroxylation sites is 1. The molecular weight excluding hydrogens is 416 g/mol. The molecule has 0 aliphatic rings. The van der Waals surface area contributed by atoms with Gasteiger partial charge in [0.2, 0.25) is 0 Å². The van der Waals surface area contributed by atoms with E-state index in [1.54, 1.807) is 24.5 Å². The van der Waals surface area contributed by atoms with Gasteiger partial charge in [-0.15, -0.1) is 0 Å². The van der Waals surface area contributed by atoms with Gasteiger partial charge in [-0.1, -0.05) is 36.4 Å². The van der Waals surface area contributed by atoms with E-state index in [0.717, 1.165) is 17.0 Å². The number of nitrogens with two attached hydrogens (primary N) is 1. The van der Waals surface area contributed by atoms with Crippen molar-refractivity contribution in [3.63, 3.8) is 0 Å². The number of amides is 1. The van der Waals surface area contributed by atoms with Gasteiger partial charge in [0.15, 0.2) is 5.96 Å². The summed E-state index contributed by atoms with van der Waals surface area (Å²) in [5.74, 6) is 2.22. The second-order valence-corrected chi connectivity index (χ2v) is 7.23. The Kier molecular flexibility index (Phi) is 7.02. The fourth-order valence-electron chi connectivity index (χ4n) is 3.12. The number of carbonyl (C=O) groups is 1. The Bertz CT molecular complexity index is 1220. The lowest BCUT2D eigenvalue weighted by atomic mass is 10.1. The molecule has 0 bridgehead atoms. The molecule has 4 N–H and O–H groups in total. The van der Waals surface area contributed by atoms with Crippen LogP contribution in [0.2, 0.25) is 0 Å². The highest BCUT2D eigenvalue weighted by molar-refractivity contribution is 5.94. The molecule has 1 amide bonds.